The second-order valence-electron chi connectivity index (χ2n) is 2.44. The van der Waals surface area contributed by atoms with Crippen molar-refractivity contribution in [1.82, 2.24) is 10.3 Å². The second-order valence-corrected chi connectivity index (χ2v) is 2.44. The largest absolute Gasteiger partial charge is 0.361 e. The molecule has 0 unspecified atom stereocenters. The van der Waals surface area contributed by atoms with E-state index in [0.717, 1.165) is 11.2 Å². The Balaban J connectivity index is 2.79. The number of nitrogens with one attached hydrogen (secondary N) is 1. The van der Waals surface area contributed by atoms with E-state index in [2.05, 4.69) is 10.3 Å². The number of aromatic nitrogens is 1. The van der Waals surface area contributed by atoms with E-state index >= 15 is 0 Å². The van der Waals surface area contributed by atoms with Gasteiger partial charge in [-0.05, 0) is 18.2 Å². The molecule has 2 rings (SSSR count). The first-order chi connectivity index (χ1) is 5.42. The number of hydrogen-bond donors (Lipinski definition) is 1. The van der Waals surface area contributed by atoms with Crippen LogP contribution in [0.25, 0.3) is 10.9 Å². The molecule has 1 aromatic heterocycles. The Labute approximate surface area is 65.2 Å². The molecule has 1 N–H and O–H groups in total. The molecule has 55 valence electrons. The Bertz CT molecular complexity index is 362. The first kappa shape index (κ1) is 6.28. The van der Waals surface area contributed by atoms with Crippen molar-refractivity contribution in [3.63, 3.8) is 0 Å². The maximum absolute atomic E-state index is 4.15. The average Bonchev–Trinajstić information content (AvgIpc) is 2.50. The smallest absolute Gasteiger partial charge is 0.0664 e. The summed E-state index contributed by atoms with van der Waals surface area (Å²) >= 11 is 0. The summed E-state index contributed by atoms with van der Waals surface area (Å²) in [5.74, 6) is 0. The van der Waals surface area contributed by atoms with Gasteiger partial charge in [0.25, 0.3) is 0 Å². The van der Waals surface area contributed by atoms with E-state index in [4.69, 9.17) is 0 Å². The molecular formula is C9H9N2. The Morgan fingerprint density at radius 2 is 2.18 bits per heavy atom. The maximum Gasteiger partial charge on any atom is 0.0664 e. The summed E-state index contributed by atoms with van der Waals surface area (Å²) in [6, 6.07) is 8.10. The van der Waals surface area contributed by atoms with Crippen LogP contribution < -0.4 is 5.32 Å². The van der Waals surface area contributed by atoms with Crippen molar-refractivity contribution in [2.75, 3.05) is 7.05 Å². The number of aromatic amines is 1. The van der Waals surface area contributed by atoms with Crippen molar-refractivity contribution < 1.29 is 0 Å². The Hall–Kier alpha value is -1.44. The lowest BCUT2D eigenvalue weighted by atomic mass is 10.2. The molecule has 0 amide bonds. The summed E-state index contributed by atoms with van der Waals surface area (Å²) in [5.41, 5.74) is 2.19. The van der Waals surface area contributed by atoms with Crippen molar-refractivity contribution in [3.8, 4) is 0 Å². The molecule has 0 fully saturated rings. The van der Waals surface area contributed by atoms with Crippen LogP contribution in [0.5, 0.6) is 0 Å². The van der Waals surface area contributed by atoms with Crippen molar-refractivity contribution >= 4 is 16.6 Å². The number of hydrogen-bond acceptors (Lipinski definition) is 0. The molecule has 1 radical (unpaired) electrons. The average molecular weight is 145 g/mol. The van der Waals surface area contributed by atoms with Gasteiger partial charge in [-0.1, -0.05) is 6.07 Å². The molecule has 0 aliphatic carbocycles. The highest BCUT2D eigenvalue weighted by molar-refractivity contribution is 5.89. The molecule has 2 aromatic rings. The SMILES string of the molecule is C[N]c1cccc2[nH]ccc12. The van der Waals surface area contributed by atoms with Gasteiger partial charge in [-0.3, -0.25) is 5.32 Å². The van der Waals surface area contributed by atoms with Gasteiger partial charge in [-0.15, -0.1) is 0 Å². The van der Waals surface area contributed by atoms with Gasteiger partial charge in [0.05, 0.1) is 5.69 Å². The molecule has 1 aromatic carbocycles. The van der Waals surface area contributed by atoms with Crippen molar-refractivity contribution in [1.29, 1.82) is 0 Å². The first-order valence-electron chi connectivity index (χ1n) is 3.58. The van der Waals surface area contributed by atoms with Crippen LogP contribution in [-0.4, -0.2) is 12.0 Å². The van der Waals surface area contributed by atoms with E-state index < -0.39 is 0 Å². The van der Waals surface area contributed by atoms with E-state index in [1.165, 1.54) is 5.39 Å². The third-order valence-corrected chi connectivity index (χ3v) is 1.81. The summed E-state index contributed by atoms with van der Waals surface area (Å²) < 4.78 is 0. The highest BCUT2D eigenvalue weighted by Crippen LogP contribution is 2.21. The van der Waals surface area contributed by atoms with Crippen molar-refractivity contribution in [3.05, 3.63) is 30.5 Å². The highest BCUT2D eigenvalue weighted by Gasteiger charge is 1.97. The minimum atomic E-state index is 1.05. The standard InChI is InChI=1S/C9H9N2/c1-10-8-3-2-4-9-7(8)5-6-11-9/h2-6,11H,1H3. The van der Waals surface area contributed by atoms with Crippen LogP contribution in [0, 0.1) is 0 Å². The number of H-pyrrole nitrogens is 1. The quantitative estimate of drug-likeness (QED) is 0.636. The second kappa shape index (κ2) is 2.31. The van der Waals surface area contributed by atoms with Gasteiger partial charge in [0.1, 0.15) is 0 Å². The summed E-state index contributed by atoms with van der Waals surface area (Å²) in [5, 5.41) is 5.34. The number of fused-ring (bicyclic) bond motifs is 1. The third-order valence-electron chi connectivity index (χ3n) is 1.81. The number of benzene rings is 1. The Morgan fingerprint density at radius 1 is 1.27 bits per heavy atom. The molecule has 11 heavy (non-hydrogen) atoms. The van der Waals surface area contributed by atoms with E-state index in [0.29, 0.717) is 0 Å². The molecule has 0 bridgehead atoms. The van der Waals surface area contributed by atoms with Crippen LogP contribution in [0.1, 0.15) is 0 Å². The minimum absolute atomic E-state index is 1.05. The monoisotopic (exact) mass is 145 g/mol. The van der Waals surface area contributed by atoms with Crippen molar-refractivity contribution in [2.45, 2.75) is 0 Å². The minimum Gasteiger partial charge on any atom is -0.361 e. The lowest BCUT2D eigenvalue weighted by molar-refractivity contribution is 1.10. The fourth-order valence-corrected chi connectivity index (χ4v) is 1.26. The van der Waals surface area contributed by atoms with Crippen molar-refractivity contribution in [2.24, 2.45) is 0 Å². The van der Waals surface area contributed by atoms with Gasteiger partial charge < -0.3 is 4.98 Å². The normalized spacial score (nSPS) is 10.3. The van der Waals surface area contributed by atoms with E-state index in [1.807, 2.05) is 37.5 Å². The van der Waals surface area contributed by atoms with Crippen LogP contribution in [0.2, 0.25) is 0 Å². The lowest BCUT2D eigenvalue weighted by Gasteiger charge is -1.97. The first-order valence-corrected chi connectivity index (χ1v) is 3.58. The zero-order chi connectivity index (χ0) is 7.68. The molecule has 0 spiro atoms. The molecule has 0 saturated heterocycles. The zero-order valence-electron chi connectivity index (χ0n) is 6.33. The van der Waals surface area contributed by atoms with Gasteiger partial charge in [0.2, 0.25) is 0 Å². The molecule has 0 atom stereocenters. The van der Waals surface area contributed by atoms with Crippen LogP contribution in [0.15, 0.2) is 30.5 Å². The maximum atomic E-state index is 4.15. The van der Waals surface area contributed by atoms with Crippen LogP contribution in [0.3, 0.4) is 0 Å². The van der Waals surface area contributed by atoms with E-state index in [1.54, 1.807) is 0 Å². The highest BCUT2D eigenvalue weighted by atomic mass is 14.8. The van der Waals surface area contributed by atoms with Crippen LogP contribution >= 0.6 is 0 Å². The molecule has 2 heteroatoms. The van der Waals surface area contributed by atoms with Gasteiger partial charge >= 0.3 is 0 Å². The van der Waals surface area contributed by atoms with Gasteiger partial charge in [0, 0.05) is 24.1 Å². The molecule has 1 heterocycles. The van der Waals surface area contributed by atoms with Gasteiger partial charge in [-0.2, -0.15) is 0 Å². The molecular weight excluding hydrogens is 136 g/mol. The fourth-order valence-electron chi connectivity index (χ4n) is 1.26. The molecule has 0 saturated carbocycles. The van der Waals surface area contributed by atoms with Gasteiger partial charge in [-0.25, -0.2) is 0 Å². The predicted molar refractivity (Wildman–Crippen MR) is 46.0 cm³/mol. The third kappa shape index (κ3) is 0.871. The summed E-state index contributed by atoms with van der Waals surface area (Å²) in [7, 11) is 1.81. The topological polar surface area (TPSA) is 29.9 Å². The summed E-state index contributed by atoms with van der Waals surface area (Å²) in [6.07, 6.45) is 1.93. The van der Waals surface area contributed by atoms with E-state index in [-0.39, 0.29) is 0 Å². The Kier molecular flexibility index (Phi) is 1.32. The predicted octanol–water partition coefficient (Wildman–Crippen LogP) is 2.03. The molecule has 0 aliphatic rings. The Morgan fingerprint density at radius 3 is 3.00 bits per heavy atom. The lowest BCUT2D eigenvalue weighted by Crippen LogP contribution is -1.85. The van der Waals surface area contributed by atoms with E-state index in [9.17, 15) is 0 Å². The summed E-state index contributed by atoms with van der Waals surface area (Å²) in [4.78, 5) is 3.13. The molecule has 0 aliphatic heterocycles. The summed E-state index contributed by atoms with van der Waals surface area (Å²) in [6.45, 7) is 0. The number of rotatable bonds is 1. The van der Waals surface area contributed by atoms with Gasteiger partial charge in [0.15, 0.2) is 0 Å². The fraction of sp³-hybridized carbons (Fsp3) is 0.111. The van der Waals surface area contributed by atoms with Crippen LogP contribution in [0.4, 0.5) is 5.69 Å². The van der Waals surface area contributed by atoms with Crippen LogP contribution in [-0.2, 0) is 0 Å². The number of nitrogens with zero attached hydrogens (tertiary/aromatic N) is 1. The molecule has 2 nitrogen and oxygen atoms in total. The zero-order valence-corrected chi connectivity index (χ0v) is 6.33.